The summed E-state index contributed by atoms with van der Waals surface area (Å²) in [6, 6.07) is 10.4. The van der Waals surface area contributed by atoms with Gasteiger partial charge >= 0.3 is 0 Å². The lowest BCUT2D eigenvalue weighted by molar-refractivity contribution is 0.658. The Bertz CT molecular complexity index is 332. The smallest absolute Gasteiger partial charge is 0.0373 e. The first-order chi connectivity index (χ1) is 6.86. The minimum Gasteiger partial charge on any atom is -0.337 e. The van der Waals surface area contributed by atoms with Gasteiger partial charge in [0.2, 0.25) is 0 Å². The average Bonchev–Trinajstić information content (AvgIpc) is 2.23. The zero-order valence-electron chi connectivity index (χ0n) is 7.98. The molecular formula is C11H14OS2. The van der Waals surface area contributed by atoms with E-state index >= 15 is 0 Å². The molecule has 14 heavy (non-hydrogen) atoms. The fraction of sp³-hybridized carbons (Fsp3) is 0.364. The standard InChI is InChI=1S/C11H14OS2/c12-14-8-4-7-13-11(14)9-10-5-2-1-3-6-10/h1-3,5-6,12H,4,7-9H2. The topological polar surface area (TPSA) is 20.2 Å². The van der Waals surface area contributed by atoms with Gasteiger partial charge in [0.05, 0.1) is 0 Å². The molecule has 76 valence electrons. The van der Waals surface area contributed by atoms with E-state index < -0.39 is 10.8 Å². The van der Waals surface area contributed by atoms with Crippen LogP contribution in [0.2, 0.25) is 0 Å². The van der Waals surface area contributed by atoms with Gasteiger partial charge in [-0.2, -0.15) is 0 Å². The van der Waals surface area contributed by atoms with Gasteiger partial charge in [-0.1, -0.05) is 41.1 Å². The summed E-state index contributed by atoms with van der Waals surface area (Å²) < 4.78 is 11.1. The molecule has 0 aliphatic carbocycles. The Balaban J connectivity index is 2.10. The number of rotatable bonds is 2. The maximum atomic E-state index is 9.80. The average molecular weight is 226 g/mol. The molecule has 0 radical (unpaired) electrons. The molecule has 1 atom stereocenters. The van der Waals surface area contributed by atoms with Crippen LogP contribution in [0.4, 0.5) is 0 Å². The highest BCUT2D eigenvalue weighted by Gasteiger charge is 2.10. The van der Waals surface area contributed by atoms with Crippen LogP contribution in [0.3, 0.4) is 0 Å². The van der Waals surface area contributed by atoms with Crippen LogP contribution in [0.1, 0.15) is 12.0 Å². The van der Waals surface area contributed by atoms with Gasteiger partial charge in [-0.3, -0.25) is 0 Å². The SMILES string of the molecule is OS1=C(Cc2ccccc2)SCCC1. The Morgan fingerprint density at radius 1 is 1.29 bits per heavy atom. The van der Waals surface area contributed by atoms with Gasteiger partial charge in [-0.05, 0) is 17.7 Å². The normalized spacial score (nSPS) is 22.4. The predicted molar refractivity (Wildman–Crippen MR) is 67.3 cm³/mol. The van der Waals surface area contributed by atoms with E-state index in [-0.39, 0.29) is 0 Å². The Morgan fingerprint density at radius 2 is 2.07 bits per heavy atom. The summed E-state index contributed by atoms with van der Waals surface area (Å²) >= 11 is 1.85. The molecule has 1 aromatic rings. The molecule has 0 aromatic heterocycles. The van der Waals surface area contributed by atoms with Crippen LogP contribution in [0, 0.1) is 0 Å². The van der Waals surface area contributed by atoms with Crippen molar-refractivity contribution in [1.29, 1.82) is 0 Å². The Kier molecular flexibility index (Phi) is 3.67. The fourth-order valence-electron chi connectivity index (χ4n) is 1.46. The van der Waals surface area contributed by atoms with E-state index in [0.717, 1.165) is 18.6 Å². The summed E-state index contributed by atoms with van der Waals surface area (Å²) in [5, 5.41) is 0. The summed E-state index contributed by atoms with van der Waals surface area (Å²) in [6.07, 6.45) is 2.09. The zero-order chi connectivity index (χ0) is 9.80. The highest BCUT2D eigenvalue weighted by atomic mass is 32.2. The van der Waals surface area contributed by atoms with Crippen LogP contribution in [0.5, 0.6) is 0 Å². The number of hydrogen-bond donors (Lipinski definition) is 1. The van der Waals surface area contributed by atoms with Crippen LogP contribution < -0.4 is 0 Å². The van der Waals surface area contributed by atoms with Crippen LogP contribution in [0.15, 0.2) is 30.3 Å². The van der Waals surface area contributed by atoms with Crippen molar-refractivity contribution in [3.8, 4) is 0 Å². The van der Waals surface area contributed by atoms with Gasteiger partial charge in [-0.15, -0.1) is 11.8 Å². The quantitative estimate of drug-likeness (QED) is 0.781. The summed E-state index contributed by atoms with van der Waals surface area (Å²) in [4.78, 5) is 0. The number of benzene rings is 1. The molecule has 0 amide bonds. The van der Waals surface area contributed by atoms with Gasteiger partial charge in [0.25, 0.3) is 0 Å². The third-order valence-electron chi connectivity index (χ3n) is 2.20. The summed E-state index contributed by atoms with van der Waals surface area (Å²) in [7, 11) is -0.449. The number of hydrogen-bond acceptors (Lipinski definition) is 2. The minimum absolute atomic E-state index is 0.449. The second-order valence-corrected chi connectivity index (χ2v) is 6.38. The van der Waals surface area contributed by atoms with E-state index in [2.05, 4.69) is 24.3 Å². The Labute approximate surface area is 91.7 Å². The number of thioether (sulfide) groups is 1. The fourth-order valence-corrected chi connectivity index (χ4v) is 4.45. The van der Waals surface area contributed by atoms with Crippen molar-refractivity contribution in [2.24, 2.45) is 0 Å². The minimum atomic E-state index is -0.449. The lowest BCUT2D eigenvalue weighted by atomic mass is 10.2. The van der Waals surface area contributed by atoms with Crippen LogP contribution >= 0.6 is 22.5 Å². The van der Waals surface area contributed by atoms with Gasteiger partial charge in [0.15, 0.2) is 0 Å². The van der Waals surface area contributed by atoms with Crippen molar-refractivity contribution in [2.75, 3.05) is 11.5 Å². The summed E-state index contributed by atoms with van der Waals surface area (Å²) in [5.41, 5.74) is 1.31. The molecule has 1 unspecified atom stereocenters. The molecule has 0 saturated heterocycles. The van der Waals surface area contributed by atoms with Crippen molar-refractivity contribution < 1.29 is 4.55 Å². The molecule has 1 aliphatic heterocycles. The van der Waals surface area contributed by atoms with Crippen molar-refractivity contribution in [3.63, 3.8) is 0 Å². The first-order valence-electron chi connectivity index (χ1n) is 4.79. The highest BCUT2D eigenvalue weighted by molar-refractivity contribution is 8.32. The molecule has 3 heteroatoms. The Hall–Kier alpha value is -0.250. The molecule has 0 saturated carbocycles. The molecule has 1 aromatic carbocycles. The van der Waals surface area contributed by atoms with E-state index in [9.17, 15) is 4.55 Å². The van der Waals surface area contributed by atoms with Crippen molar-refractivity contribution in [2.45, 2.75) is 12.8 Å². The van der Waals surface area contributed by atoms with E-state index in [1.54, 1.807) is 0 Å². The molecular weight excluding hydrogens is 212 g/mol. The van der Waals surface area contributed by atoms with Crippen LogP contribution in [-0.2, 0) is 6.42 Å². The first-order valence-corrected chi connectivity index (χ1v) is 7.12. The van der Waals surface area contributed by atoms with E-state index in [0.29, 0.717) is 0 Å². The maximum absolute atomic E-state index is 9.80. The van der Waals surface area contributed by atoms with Crippen LogP contribution in [0.25, 0.3) is 0 Å². The largest absolute Gasteiger partial charge is 0.337 e. The van der Waals surface area contributed by atoms with E-state index in [4.69, 9.17) is 0 Å². The Morgan fingerprint density at radius 3 is 2.79 bits per heavy atom. The third-order valence-corrected chi connectivity index (χ3v) is 5.43. The molecule has 1 heterocycles. The van der Waals surface area contributed by atoms with E-state index in [1.165, 1.54) is 15.5 Å². The van der Waals surface area contributed by atoms with Crippen LogP contribution in [-0.4, -0.2) is 20.3 Å². The van der Waals surface area contributed by atoms with Gasteiger partial charge in [0, 0.05) is 16.4 Å². The highest BCUT2D eigenvalue weighted by Crippen LogP contribution is 2.27. The molecule has 0 fully saturated rings. The molecule has 0 spiro atoms. The second-order valence-electron chi connectivity index (χ2n) is 3.31. The monoisotopic (exact) mass is 226 g/mol. The predicted octanol–water partition coefficient (Wildman–Crippen LogP) is 3.24. The lowest BCUT2D eigenvalue weighted by Crippen LogP contribution is -2.07. The summed E-state index contributed by atoms with van der Waals surface area (Å²) in [6.45, 7) is 0. The second kappa shape index (κ2) is 5.01. The zero-order valence-corrected chi connectivity index (χ0v) is 9.61. The van der Waals surface area contributed by atoms with Gasteiger partial charge < -0.3 is 4.55 Å². The van der Waals surface area contributed by atoms with Gasteiger partial charge in [-0.25, -0.2) is 0 Å². The molecule has 1 N–H and O–H groups in total. The third kappa shape index (κ3) is 2.62. The lowest BCUT2D eigenvalue weighted by Gasteiger charge is -2.16. The molecule has 1 nitrogen and oxygen atoms in total. The summed E-state index contributed by atoms with van der Waals surface area (Å²) in [5.74, 6) is 2.14. The first kappa shape index (κ1) is 10.3. The van der Waals surface area contributed by atoms with Crippen molar-refractivity contribution in [1.82, 2.24) is 0 Å². The van der Waals surface area contributed by atoms with Crippen molar-refractivity contribution >= 4 is 26.7 Å². The molecule has 1 aliphatic rings. The van der Waals surface area contributed by atoms with Crippen molar-refractivity contribution in [3.05, 3.63) is 35.9 Å². The maximum Gasteiger partial charge on any atom is 0.0373 e. The van der Waals surface area contributed by atoms with E-state index in [1.807, 2.05) is 17.8 Å². The molecule has 0 bridgehead atoms. The molecule has 2 rings (SSSR count). The van der Waals surface area contributed by atoms with Gasteiger partial charge in [0.1, 0.15) is 0 Å².